The zero-order valence-corrected chi connectivity index (χ0v) is 18.8. The third kappa shape index (κ3) is 5.51. The summed E-state index contributed by atoms with van der Waals surface area (Å²) in [4.78, 5) is 29.8. The Morgan fingerprint density at radius 1 is 1.00 bits per heavy atom. The Morgan fingerprint density at radius 2 is 1.73 bits per heavy atom. The van der Waals surface area contributed by atoms with Gasteiger partial charge in [-0.2, -0.15) is 0 Å². The van der Waals surface area contributed by atoms with Crippen LogP contribution in [0.3, 0.4) is 0 Å². The van der Waals surface area contributed by atoms with Crippen molar-refractivity contribution in [3.63, 3.8) is 0 Å². The first-order valence-corrected chi connectivity index (χ1v) is 10.8. The van der Waals surface area contributed by atoms with Crippen LogP contribution in [-0.4, -0.2) is 35.0 Å². The van der Waals surface area contributed by atoms with Gasteiger partial charge in [0.1, 0.15) is 18.1 Å². The van der Waals surface area contributed by atoms with Gasteiger partial charge >= 0.3 is 0 Å². The second kappa shape index (κ2) is 10.2. The third-order valence-corrected chi connectivity index (χ3v) is 5.40. The average Bonchev–Trinajstić information content (AvgIpc) is 3.17. The SMILES string of the molecule is COc1ccc(NC(=O)Cn2c(CCNC(=O)c3ccc(Cl)cc3)nc3ccccc32)cc1. The summed E-state index contributed by atoms with van der Waals surface area (Å²) in [6.45, 7) is 0.484. The first-order valence-electron chi connectivity index (χ1n) is 10.5. The highest BCUT2D eigenvalue weighted by atomic mass is 35.5. The van der Waals surface area contributed by atoms with Crippen molar-refractivity contribution in [1.29, 1.82) is 0 Å². The fraction of sp³-hybridized carbons (Fsp3) is 0.160. The number of para-hydroxylation sites is 2. The summed E-state index contributed by atoms with van der Waals surface area (Å²) in [6.07, 6.45) is 0.476. The molecule has 0 unspecified atom stereocenters. The Kier molecular flexibility index (Phi) is 6.90. The van der Waals surface area contributed by atoms with Crippen molar-refractivity contribution in [3.8, 4) is 5.75 Å². The smallest absolute Gasteiger partial charge is 0.251 e. The molecule has 0 aliphatic carbocycles. The van der Waals surface area contributed by atoms with E-state index >= 15 is 0 Å². The number of aromatic nitrogens is 2. The topological polar surface area (TPSA) is 85.2 Å². The molecular weight excluding hydrogens is 440 g/mol. The number of benzene rings is 3. The Hall–Kier alpha value is -3.84. The molecular formula is C25H23ClN4O3. The van der Waals surface area contributed by atoms with E-state index in [9.17, 15) is 9.59 Å². The van der Waals surface area contributed by atoms with E-state index in [-0.39, 0.29) is 18.4 Å². The van der Waals surface area contributed by atoms with Gasteiger partial charge in [0, 0.05) is 29.2 Å². The van der Waals surface area contributed by atoms with E-state index in [0.29, 0.717) is 29.2 Å². The minimum absolute atomic E-state index is 0.104. The molecule has 2 amide bonds. The van der Waals surface area contributed by atoms with Crippen molar-refractivity contribution in [3.05, 3.63) is 89.2 Å². The molecule has 0 saturated carbocycles. The van der Waals surface area contributed by atoms with Gasteiger partial charge in [0.2, 0.25) is 5.91 Å². The molecule has 0 aliphatic rings. The zero-order chi connectivity index (χ0) is 23.2. The van der Waals surface area contributed by atoms with Crippen molar-refractivity contribution < 1.29 is 14.3 Å². The lowest BCUT2D eigenvalue weighted by Gasteiger charge is -2.11. The number of imidazole rings is 1. The number of amides is 2. The maximum atomic E-state index is 12.8. The van der Waals surface area contributed by atoms with E-state index in [1.54, 1.807) is 55.6 Å². The largest absolute Gasteiger partial charge is 0.497 e. The van der Waals surface area contributed by atoms with Crippen LogP contribution >= 0.6 is 11.6 Å². The summed E-state index contributed by atoms with van der Waals surface area (Å²) in [6, 6.07) is 21.5. The molecule has 0 aliphatic heterocycles. The van der Waals surface area contributed by atoms with Gasteiger partial charge in [0.05, 0.1) is 18.1 Å². The number of ether oxygens (including phenoxy) is 1. The lowest BCUT2D eigenvalue weighted by Crippen LogP contribution is -2.27. The maximum Gasteiger partial charge on any atom is 0.251 e. The molecule has 4 aromatic rings. The Balaban J connectivity index is 1.45. The number of nitrogens with one attached hydrogen (secondary N) is 2. The highest BCUT2D eigenvalue weighted by Crippen LogP contribution is 2.18. The van der Waals surface area contributed by atoms with Crippen LogP contribution in [0.2, 0.25) is 5.02 Å². The highest BCUT2D eigenvalue weighted by Gasteiger charge is 2.14. The molecule has 7 nitrogen and oxygen atoms in total. The Morgan fingerprint density at radius 3 is 2.45 bits per heavy atom. The molecule has 4 rings (SSSR count). The van der Waals surface area contributed by atoms with Gasteiger partial charge in [-0.15, -0.1) is 0 Å². The van der Waals surface area contributed by atoms with Crippen LogP contribution in [0.1, 0.15) is 16.2 Å². The molecule has 33 heavy (non-hydrogen) atoms. The second-order valence-corrected chi connectivity index (χ2v) is 7.83. The normalized spacial score (nSPS) is 10.7. The summed E-state index contributed by atoms with van der Waals surface area (Å²) in [7, 11) is 1.59. The number of anilines is 1. The van der Waals surface area contributed by atoms with E-state index in [1.165, 1.54) is 0 Å². The van der Waals surface area contributed by atoms with Gasteiger partial charge in [-0.05, 0) is 60.7 Å². The maximum absolute atomic E-state index is 12.8. The summed E-state index contributed by atoms with van der Waals surface area (Å²) < 4.78 is 7.03. The van der Waals surface area contributed by atoms with Gasteiger partial charge in [0.15, 0.2) is 0 Å². The Bertz CT molecular complexity index is 1270. The number of carbonyl (C=O) groups is 2. The number of nitrogens with zero attached hydrogens (tertiary/aromatic N) is 2. The average molecular weight is 463 g/mol. The van der Waals surface area contributed by atoms with Crippen LogP contribution in [0.25, 0.3) is 11.0 Å². The van der Waals surface area contributed by atoms with E-state index in [4.69, 9.17) is 16.3 Å². The predicted octanol–water partition coefficient (Wildman–Crippen LogP) is 4.31. The standard InChI is InChI=1S/C25H23ClN4O3/c1-33-20-12-10-19(11-13-20)28-24(31)16-30-22-5-3-2-4-21(22)29-23(30)14-15-27-25(32)17-6-8-18(26)9-7-17/h2-13H,14-16H2,1H3,(H,27,32)(H,28,31). The third-order valence-electron chi connectivity index (χ3n) is 5.15. The molecule has 0 atom stereocenters. The van der Waals surface area contributed by atoms with E-state index in [2.05, 4.69) is 15.6 Å². The lowest BCUT2D eigenvalue weighted by molar-refractivity contribution is -0.116. The quantitative estimate of drug-likeness (QED) is 0.408. The van der Waals surface area contributed by atoms with E-state index in [1.807, 2.05) is 28.8 Å². The first kappa shape index (κ1) is 22.4. The molecule has 1 aromatic heterocycles. The first-order chi connectivity index (χ1) is 16.0. The van der Waals surface area contributed by atoms with Gasteiger partial charge in [-0.1, -0.05) is 23.7 Å². The molecule has 0 spiro atoms. The number of rotatable bonds is 8. The molecule has 2 N–H and O–H groups in total. The minimum Gasteiger partial charge on any atom is -0.497 e. The van der Waals surface area contributed by atoms with Gasteiger partial charge in [-0.3, -0.25) is 9.59 Å². The van der Waals surface area contributed by atoms with Crippen LogP contribution in [0.5, 0.6) is 5.75 Å². The minimum atomic E-state index is -0.188. The highest BCUT2D eigenvalue weighted by molar-refractivity contribution is 6.30. The van der Waals surface area contributed by atoms with Crippen molar-refractivity contribution in [2.75, 3.05) is 19.0 Å². The molecule has 0 radical (unpaired) electrons. The van der Waals surface area contributed by atoms with Gasteiger partial charge < -0.3 is 19.9 Å². The van der Waals surface area contributed by atoms with Crippen LogP contribution < -0.4 is 15.4 Å². The van der Waals surface area contributed by atoms with Crippen molar-refractivity contribution in [2.24, 2.45) is 0 Å². The summed E-state index contributed by atoms with van der Waals surface area (Å²) in [5.74, 6) is 1.08. The number of halogens is 1. The van der Waals surface area contributed by atoms with E-state index < -0.39 is 0 Å². The van der Waals surface area contributed by atoms with Crippen LogP contribution in [0.15, 0.2) is 72.8 Å². The summed E-state index contributed by atoms with van der Waals surface area (Å²) in [5.41, 5.74) is 2.88. The van der Waals surface area contributed by atoms with Crippen LogP contribution in [0, 0.1) is 0 Å². The van der Waals surface area contributed by atoms with Crippen LogP contribution in [-0.2, 0) is 17.8 Å². The monoisotopic (exact) mass is 462 g/mol. The summed E-state index contributed by atoms with van der Waals surface area (Å²) >= 11 is 5.88. The lowest BCUT2D eigenvalue weighted by atomic mass is 10.2. The molecule has 3 aromatic carbocycles. The zero-order valence-electron chi connectivity index (χ0n) is 18.0. The van der Waals surface area contributed by atoms with Crippen molar-refractivity contribution in [2.45, 2.75) is 13.0 Å². The molecule has 0 fully saturated rings. The predicted molar refractivity (Wildman–Crippen MR) is 129 cm³/mol. The Labute approximate surface area is 196 Å². The van der Waals surface area contributed by atoms with E-state index in [0.717, 1.165) is 22.6 Å². The number of methoxy groups -OCH3 is 1. The second-order valence-electron chi connectivity index (χ2n) is 7.39. The molecule has 0 saturated heterocycles. The van der Waals surface area contributed by atoms with Gasteiger partial charge in [-0.25, -0.2) is 4.98 Å². The number of fused-ring (bicyclic) bond motifs is 1. The van der Waals surface area contributed by atoms with Gasteiger partial charge in [0.25, 0.3) is 5.91 Å². The van der Waals surface area contributed by atoms with Crippen molar-refractivity contribution >= 4 is 40.1 Å². The fourth-order valence-electron chi connectivity index (χ4n) is 3.50. The fourth-order valence-corrected chi connectivity index (χ4v) is 3.63. The number of hydrogen-bond donors (Lipinski definition) is 2. The molecule has 168 valence electrons. The molecule has 0 bridgehead atoms. The molecule has 1 heterocycles. The van der Waals surface area contributed by atoms with Crippen LogP contribution in [0.4, 0.5) is 5.69 Å². The molecule has 8 heteroatoms. The van der Waals surface area contributed by atoms with Crippen molar-refractivity contribution in [1.82, 2.24) is 14.9 Å². The summed E-state index contributed by atoms with van der Waals surface area (Å²) in [5, 5.41) is 6.37. The number of carbonyl (C=O) groups excluding carboxylic acids is 2. The number of hydrogen-bond acceptors (Lipinski definition) is 4.